The number of hydrogen-bond donors (Lipinski definition) is 0. The Balaban J connectivity index is 2.72. The second-order valence-electron chi connectivity index (χ2n) is 1.83. The van der Waals surface area contributed by atoms with Gasteiger partial charge in [-0.3, -0.25) is 0 Å². The molecule has 0 aromatic heterocycles. The third kappa shape index (κ3) is 6.26. The summed E-state index contributed by atoms with van der Waals surface area (Å²) in [6.07, 6.45) is 7.11. The van der Waals surface area contributed by atoms with Gasteiger partial charge in [0.2, 0.25) is 0 Å². The molecule has 0 fully saturated rings. The summed E-state index contributed by atoms with van der Waals surface area (Å²) in [6, 6.07) is 0. The molecule has 0 bridgehead atoms. The Kier molecular flexibility index (Phi) is 7.49. The SMILES string of the molecule is CCCCC/C=[CH]\[Cu]. The van der Waals surface area contributed by atoms with Crippen molar-refractivity contribution in [3.8, 4) is 0 Å². The maximum absolute atomic E-state index is 4.75. The van der Waals surface area contributed by atoms with Gasteiger partial charge in [-0.2, -0.15) is 0 Å². The average molecular weight is 161 g/mol. The molecule has 0 unspecified atom stereocenters. The van der Waals surface area contributed by atoms with Gasteiger partial charge in [0.25, 0.3) is 0 Å². The zero-order valence-electron chi connectivity index (χ0n) is 5.28. The summed E-state index contributed by atoms with van der Waals surface area (Å²) in [5.41, 5.74) is 0. The van der Waals surface area contributed by atoms with Gasteiger partial charge >= 0.3 is 59.7 Å². The van der Waals surface area contributed by atoms with E-state index in [0.29, 0.717) is 0 Å². The molecule has 0 nitrogen and oxygen atoms in total. The quantitative estimate of drug-likeness (QED) is 0.438. The van der Waals surface area contributed by atoms with Crippen LogP contribution in [0.4, 0.5) is 0 Å². The molecule has 0 rings (SSSR count). The van der Waals surface area contributed by atoms with Crippen LogP contribution in [0.25, 0.3) is 0 Å². The van der Waals surface area contributed by atoms with Crippen LogP contribution in [-0.2, 0) is 16.0 Å². The molecular formula is C7H13Cu. The summed E-state index contributed by atoms with van der Waals surface area (Å²) in [4.78, 5) is 1.68. The van der Waals surface area contributed by atoms with Gasteiger partial charge in [0.05, 0.1) is 0 Å². The van der Waals surface area contributed by atoms with E-state index in [-0.39, 0.29) is 0 Å². The van der Waals surface area contributed by atoms with Gasteiger partial charge in [0.15, 0.2) is 0 Å². The zero-order valence-corrected chi connectivity index (χ0v) is 6.23. The fourth-order valence-corrected chi connectivity index (χ4v) is 0.719. The number of hydrogen-bond acceptors (Lipinski definition) is 0. The Hall–Kier alpha value is 0.259. The van der Waals surface area contributed by atoms with Crippen LogP contribution in [0.2, 0.25) is 0 Å². The normalized spacial score (nSPS) is 10.9. The van der Waals surface area contributed by atoms with E-state index in [9.17, 15) is 0 Å². The standard InChI is InChI=1S/C7H13.Cu/c1-3-5-7-6-4-2;/h1,3H,4-7H2,2H3;. The molecular weight excluding hydrogens is 148 g/mol. The Morgan fingerprint density at radius 3 is 2.62 bits per heavy atom. The summed E-state index contributed by atoms with van der Waals surface area (Å²) in [7, 11) is 0. The molecule has 52 valence electrons. The molecule has 0 heterocycles. The molecule has 0 atom stereocenters. The summed E-state index contributed by atoms with van der Waals surface area (Å²) in [6.45, 7) is 2.20. The third-order valence-corrected chi connectivity index (χ3v) is 1.27. The fraction of sp³-hybridized carbons (Fsp3) is 0.714. The molecule has 0 N–H and O–H groups in total. The first kappa shape index (κ1) is 8.26. The van der Waals surface area contributed by atoms with Crippen LogP contribution in [-0.4, -0.2) is 0 Å². The van der Waals surface area contributed by atoms with Crippen molar-refractivity contribution in [1.82, 2.24) is 0 Å². The van der Waals surface area contributed by atoms with Crippen LogP contribution in [0.3, 0.4) is 0 Å². The molecule has 0 amide bonds. The average Bonchev–Trinajstić information content (AvgIpc) is 1.81. The Morgan fingerprint density at radius 1 is 1.38 bits per heavy atom. The minimum absolute atomic E-state index is 1.16. The van der Waals surface area contributed by atoms with Gasteiger partial charge < -0.3 is 0 Å². The molecule has 0 aliphatic carbocycles. The Bertz CT molecular complexity index is 57.4. The predicted molar refractivity (Wildman–Crippen MR) is 33.3 cm³/mol. The Morgan fingerprint density at radius 2 is 2.12 bits per heavy atom. The molecule has 0 saturated heterocycles. The first-order chi connectivity index (χ1) is 3.91. The fourth-order valence-electron chi connectivity index (χ4n) is 0.562. The molecule has 1 heteroatoms. The van der Waals surface area contributed by atoms with Gasteiger partial charge in [0, 0.05) is 0 Å². The summed E-state index contributed by atoms with van der Waals surface area (Å²) in [5, 5.41) is 0. The van der Waals surface area contributed by atoms with Crippen molar-refractivity contribution in [2.24, 2.45) is 0 Å². The van der Waals surface area contributed by atoms with Crippen LogP contribution in [0.15, 0.2) is 11.1 Å². The van der Waals surface area contributed by atoms with Crippen molar-refractivity contribution < 1.29 is 16.0 Å². The maximum atomic E-state index is 4.75. The van der Waals surface area contributed by atoms with Gasteiger partial charge in [0.1, 0.15) is 0 Å². The minimum atomic E-state index is 1.16. The molecule has 0 spiro atoms. The topological polar surface area (TPSA) is 0 Å². The van der Waals surface area contributed by atoms with Crippen molar-refractivity contribution >= 4 is 0 Å². The van der Waals surface area contributed by atoms with E-state index in [1.165, 1.54) is 19.3 Å². The summed E-state index contributed by atoms with van der Waals surface area (Å²) >= 11 is 4.75. The Labute approximate surface area is 60.2 Å². The van der Waals surface area contributed by atoms with Crippen LogP contribution in [0, 0.1) is 0 Å². The summed E-state index contributed by atoms with van der Waals surface area (Å²) in [5.74, 6) is 0. The summed E-state index contributed by atoms with van der Waals surface area (Å²) < 4.78 is 0. The van der Waals surface area contributed by atoms with Crippen LogP contribution < -0.4 is 0 Å². The molecule has 0 saturated carbocycles. The van der Waals surface area contributed by atoms with Crippen LogP contribution >= 0.6 is 0 Å². The van der Waals surface area contributed by atoms with E-state index < -0.39 is 0 Å². The molecule has 0 aliphatic rings. The monoisotopic (exact) mass is 160 g/mol. The van der Waals surface area contributed by atoms with E-state index >= 15 is 0 Å². The molecule has 0 aliphatic heterocycles. The zero-order chi connectivity index (χ0) is 6.24. The van der Waals surface area contributed by atoms with E-state index in [1.54, 1.807) is 4.97 Å². The van der Waals surface area contributed by atoms with Gasteiger partial charge in [-0.05, 0) is 0 Å². The molecule has 8 heavy (non-hydrogen) atoms. The van der Waals surface area contributed by atoms with Crippen molar-refractivity contribution in [2.75, 3.05) is 0 Å². The molecule has 0 aromatic carbocycles. The number of rotatable bonds is 4. The van der Waals surface area contributed by atoms with Crippen molar-refractivity contribution in [1.29, 1.82) is 0 Å². The van der Waals surface area contributed by atoms with Gasteiger partial charge in [-0.1, -0.05) is 0 Å². The number of allylic oxidation sites excluding steroid dienone is 1. The van der Waals surface area contributed by atoms with Crippen LogP contribution in [0.1, 0.15) is 32.6 Å². The second-order valence-corrected chi connectivity index (χ2v) is 2.15. The molecule has 0 radical (unpaired) electrons. The number of unbranched alkanes of at least 4 members (excludes halogenated alkanes) is 3. The van der Waals surface area contributed by atoms with Crippen molar-refractivity contribution in [3.63, 3.8) is 0 Å². The van der Waals surface area contributed by atoms with Crippen molar-refractivity contribution in [3.05, 3.63) is 11.1 Å². The van der Waals surface area contributed by atoms with E-state index in [2.05, 4.69) is 6.92 Å². The van der Waals surface area contributed by atoms with Crippen molar-refractivity contribution in [2.45, 2.75) is 32.6 Å². The van der Waals surface area contributed by atoms with Gasteiger partial charge in [-0.15, -0.1) is 0 Å². The van der Waals surface area contributed by atoms with E-state index in [0.717, 1.165) is 6.42 Å². The van der Waals surface area contributed by atoms with E-state index in [4.69, 9.17) is 16.0 Å². The first-order valence-electron chi connectivity index (χ1n) is 3.12. The predicted octanol–water partition coefficient (Wildman–Crippen LogP) is 2.63. The van der Waals surface area contributed by atoms with Crippen LogP contribution in [0.5, 0.6) is 0 Å². The molecule has 0 aromatic rings. The third-order valence-electron chi connectivity index (χ3n) is 1.05. The van der Waals surface area contributed by atoms with Gasteiger partial charge in [-0.25, -0.2) is 0 Å². The first-order valence-corrected chi connectivity index (χ1v) is 3.67. The van der Waals surface area contributed by atoms with E-state index in [1.807, 2.05) is 6.08 Å². The second kappa shape index (κ2) is 7.26.